The molecule has 0 aliphatic carbocycles. The summed E-state index contributed by atoms with van der Waals surface area (Å²) in [4.78, 5) is 2.23. The molecule has 2 N–H and O–H groups in total. The van der Waals surface area contributed by atoms with Crippen molar-refractivity contribution in [3.8, 4) is 0 Å². The second-order valence-electron chi connectivity index (χ2n) is 4.56. The van der Waals surface area contributed by atoms with Gasteiger partial charge in [-0.05, 0) is 31.4 Å². The van der Waals surface area contributed by atoms with Crippen molar-refractivity contribution in [2.45, 2.75) is 25.8 Å². The number of rotatable bonds is 7. The van der Waals surface area contributed by atoms with E-state index in [1.54, 1.807) is 7.11 Å². The first-order valence-electron chi connectivity index (χ1n) is 6.16. The van der Waals surface area contributed by atoms with Gasteiger partial charge in [-0.25, -0.2) is 0 Å². The largest absolute Gasteiger partial charge is 0.385 e. The number of ether oxygens (including phenoxy) is 1. The van der Waals surface area contributed by atoms with Crippen LogP contribution in [0.3, 0.4) is 0 Å². The van der Waals surface area contributed by atoms with E-state index in [-0.39, 0.29) is 6.04 Å². The summed E-state index contributed by atoms with van der Waals surface area (Å²) in [5.74, 6) is 0. The molecule has 0 radical (unpaired) electrons. The van der Waals surface area contributed by atoms with Crippen molar-refractivity contribution >= 4 is 5.69 Å². The van der Waals surface area contributed by atoms with Crippen LogP contribution in [0.4, 0.5) is 5.69 Å². The van der Waals surface area contributed by atoms with E-state index >= 15 is 0 Å². The minimum absolute atomic E-state index is 0.203. The topological polar surface area (TPSA) is 38.5 Å². The molecule has 0 saturated heterocycles. The highest BCUT2D eigenvalue weighted by Gasteiger charge is 2.08. The van der Waals surface area contributed by atoms with Gasteiger partial charge in [0.05, 0.1) is 0 Å². The maximum atomic E-state index is 6.11. The Bertz CT molecular complexity index is 328. The molecule has 0 saturated carbocycles. The number of para-hydroxylation sites is 1. The molecule has 96 valence electrons. The molecule has 0 aromatic heterocycles. The second kappa shape index (κ2) is 7.30. The number of aryl methyl sites for hydroxylation is 1. The fourth-order valence-corrected chi connectivity index (χ4v) is 2.02. The standard InChI is InChI=1S/C14H24N2O/c1-12-7-4-5-9-14(12)16(2)11-13(15)8-6-10-17-3/h4-5,7,9,13H,6,8,10-11,15H2,1-3H3. The fraction of sp³-hybridized carbons (Fsp3) is 0.571. The zero-order valence-electron chi connectivity index (χ0n) is 11.1. The van der Waals surface area contributed by atoms with E-state index in [1.165, 1.54) is 11.3 Å². The molecule has 0 heterocycles. The molecule has 1 unspecified atom stereocenters. The van der Waals surface area contributed by atoms with E-state index in [0.29, 0.717) is 0 Å². The Kier molecular flexibility index (Phi) is 6.01. The molecule has 0 aliphatic heterocycles. The maximum Gasteiger partial charge on any atom is 0.0462 e. The lowest BCUT2D eigenvalue weighted by molar-refractivity contribution is 0.190. The van der Waals surface area contributed by atoms with Crippen LogP contribution in [0.25, 0.3) is 0 Å². The van der Waals surface area contributed by atoms with Crippen LogP contribution in [0.15, 0.2) is 24.3 Å². The lowest BCUT2D eigenvalue weighted by Crippen LogP contribution is -2.35. The van der Waals surface area contributed by atoms with Crippen molar-refractivity contribution in [1.82, 2.24) is 0 Å². The van der Waals surface area contributed by atoms with Crippen LogP contribution in [0.5, 0.6) is 0 Å². The Hall–Kier alpha value is -1.06. The summed E-state index contributed by atoms with van der Waals surface area (Å²) in [5, 5.41) is 0. The van der Waals surface area contributed by atoms with Crippen molar-refractivity contribution in [2.75, 3.05) is 32.2 Å². The summed E-state index contributed by atoms with van der Waals surface area (Å²) in [6.07, 6.45) is 2.03. The number of nitrogens with zero attached hydrogens (tertiary/aromatic N) is 1. The highest BCUT2D eigenvalue weighted by Crippen LogP contribution is 2.18. The van der Waals surface area contributed by atoms with E-state index < -0.39 is 0 Å². The number of methoxy groups -OCH3 is 1. The molecule has 1 atom stereocenters. The first kappa shape index (κ1) is 14.0. The van der Waals surface area contributed by atoms with Crippen LogP contribution in [-0.2, 0) is 4.74 Å². The van der Waals surface area contributed by atoms with Gasteiger partial charge in [0.25, 0.3) is 0 Å². The lowest BCUT2D eigenvalue weighted by Gasteiger charge is -2.24. The van der Waals surface area contributed by atoms with Crippen molar-refractivity contribution in [1.29, 1.82) is 0 Å². The molecule has 0 aliphatic rings. The summed E-state index contributed by atoms with van der Waals surface area (Å²) in [5.41, 5.74) is 8.66. The molecule has 17 heavy (non-hydrogen) atoms. The van der Waals surface area contributed by atoms with E-state index in [1.807, 2.05) is 0 Å². The molecule has 3 heteroatoms. The zero-order chi connectivity index (χ0) is 12.7. The molecule has 1 aromatic carbocycles. The molecular formula is C14H24N2O. The van der Waals surface area contributed by atoms with Gasteiger partial charge in [-0.15, -0.1) is 0 Å². The number of anilines is 1. The minimum atomic E-state index is 0.203. The van der Waals surface area contributed by atoms with Gasteiger partial charge in [0, 0.05) is 39.0 Å². The number of hydrogen-bond acceptors (Lipinski definition) is 3. The molecule has 0 fully saturated rings. The van der Waals surface area contributed by atoms with Gasteiger partial charge >= 0.3 is 0 Å². The van der Waals surface area contributed by atoms with Crippen molar-refractivity contribution in [3.05, 3.63) is 29.8 Å². The Balaban J connectivity index is 2.43. The van der Waals surface area contributed by atoms with Crippen LogP contribution >= 0.6 is 0 Å². The predicted molar refractivity (Wildman–Crippen MR) is 73.5 cm³/mol. The third-order valence-electron chi connectivity index (χ3n) is 2.96. The van der Waals surface area contributed by atoms with Gasteiger partial charge < -0.3 is 15.4 Å². The van der Waals surface area contributed by atoms with Gasteiger partial charge in [-0.2, -0.15) is 0 Å². The Morgan fingerprint density at radius 2 is 2.06 bits per heavy atom. The SMILES string of the molecule is COCCCC(N)CN(C)c1ccccc1C. The monoisotopic (exact) mass is 236 g/mol. The molecule has 3 nitrogen and oxygen atoms in total. The van der Waals surface area contributed by atoms with Gasteiger partial charge in [0.2, 0.25) is 0 Å². The van der Waals surface area contributed by atoms with Crippen molar-refractivity contribution < 1.29 is 4.74 Å². The van der Waals surface area contributed by atoms with Crippen LogP contribution < -0.4 is 10.6 Å². The molecule has 0 spiro atoms. The Labute approximate surface area is 105 Å². The first-order chi connectivity index (χ1) is 8.15. The van der Waals surface area contributed by atoms with E-state index in [9.17, 15) is 0 Å². The smallest absolute Gasteiger partial charge is 0.0462 e. The van der Waals surface area contributed by atoms with Gasteiger partial charge in [0.15, 0.2) is 0 Å². The zero-order valence-corrected chi connectivity index (χ0v) is 11.1. The molecule has 0 bridgehead atoms. The average Bonchev–Trinajstić information content (AvgIpc) is 2.29. The van der Waals surface area contributed by atoms with Crippen LogP contribution in [0.1, 0.15) is 18.4 Å². The summed E-state index contributed by atoms with van der Waals surface area (Å²) in [6.45, 7) is 3.80. The fourth-order valence-electron chi connectivity index (χ4n) is 2.02. The van der Waals surface area contributed by atoms with Crippen LogP contribution in [0.2, 0.25) is 0 Å². The minimum Gasteiger partial charge on any atom is -0.385 e. The third-order valence-corrected chi connectivity index (χ3v) is 2.96. The molecule has 1 aromatic rings. The van der Waals surface area contributed by atoms with Crippen LogP contribution in [0, 0.1) is 6.92 Å². The molecule has 0 amide bonds. The predicted octanol–water partition coefficient (Wildman–Crippen LogP) is 2.19. The van der Waals surface area contributed by atoms with E-state index in [0.717, 1.165) is 26.0 Å². The summed E-state index contributed by atoms with van der Waals surface area (Å²) in [7, 11) is 3.82. The van der Waals surface area contributed by atoms with E-state index in [4.69, 9.17) is 10.5 Å². The quantitative estimate of drug-likeness (QED) is 0.738. The second-order valence-corrected chi connectivity index (χ2v) is 4.56. The van der Waals surface area contributed by atoms with Crippen molar-refractivity contribution in [3.63, 3.8) is 0 Å². The number of nitrogens with two attached hydrogens (primary N) is 1. The van der Waals surface area contributed by atoms with Gasteiger partial charge in [-0.1, -0.05) is 18.2 Å². The van der Waals surface area contributed by atoms with Gasteiger partial charge in [0.1, 0.15) is 0 Å². The summed E-state index contributed by atoms with van der Waals surface area (Å²) in [6, 6.07) is 8.59. The third kappa shape index (κ3) is 4.75. The summed E-state index contributed by atoms with van der Waals surface area (Å²) < 4.78 is 5.03. The van der Waals surface area contributed by atoms with Crippen molar-refractivity contribution in [2.24, 2.45) is 5.73 Å². The normalized spacial score (nSPS) is 12.5. The first-order valence-corrected chi connectivity index (χ1v) is 6.16. The summed E-state index contributed by atoms with van der Waals surface area (Å²) >= 11 is 0. The number of likely N-dealkylation sites (N-methyl/N-ethyl adjacent to an activating group) is 1. The van der Waals surface area contributed by atoms with Crippen LogP contribution in [-0.4, -0.2) is 33.4 Å². The Morgan fingerprint density at radius 1 is 1.35 bits per heavy atom. The highest BCUT2D eigenvalue weighted by atomic mass is 16.5. The van der Waals surface area contributed by atoms with Gasteiger partial charge in [-0.3, -0.25) is 0 Å². The molecule has 1 rings (SSSR count). The lowest BCUT2D eigenvalue weighted by atomic mass is 10.1. The number of benzene rings is 1. The maximum absolute atomic E-state index is 6.11. The Morgan fingerprint density at radius 3 is 2.71 bits per heavy atom. The average molecular weight is 236 g/mol. The molecular weight excluding hydrogens is 212 g/mol. The number of hydrogen-bond donors (Lipinski definition) is 1. The van der Waals surface area contributed by atoms with E-state index in [2.05, 4.69) is 43.1 Å². The highest BCUT2D eigenvalue weighted by molar-refractivity contribution is 5.52.